The van der Waals surface area contributed by atoms with Gasteiger partial charge >= 0.3 is 11.8 Å². The van der Waals surface area contributed by atoms with Gasteiger partial charge in [-0.05, 0) is 49.3 Å². The molecule has 35 heavy (non-hydrogen) atoms. The third kappa shape index (κ3) is 4.60. The van der Waals surface area contributed by atoms with E-state index in [1.807, 2.05) is 0 Å². The molecule has 186 valence electrons. The number of rotatable bonds is 4. The van der Waals surface area contributed by atoms with Crippen LogP contribution in [0.5, 0.6) is 5.75 Å². The van der Waals surface area contributed by atoms with Crippen molar-refractivity contribution in [3.8, 4) is 5.75 Å². The number of nitrogens with one attached hydrogen (secondary N) is 2. The molecule has 1 fully saturated rings. The molecule has 1 aliphatic carbocycles. The molecule has 1 saturated carbocycles. The molecule has 2 aliphatic heterocycles. The molecule has 1 aromatic carbocycles. The van der Waals surface area contributed by atoms with Gasteiger partial charge in [0.2, 0.25) is 5.75 Å². The van der Waals surface area contributed by atoms with E-state index in [0.29, 0.717) is 31.2 Å². The Morgan fingerprint density at radius 2 is 1.97 bits per heavy atom. The average molecular weight is 506 g/mol. The predicted molar refractivity (Wildman–Crippen MR) is 123 cm³/mol. The van der Waals surface area contributed by atoms with Gasteiger partial charge in [0.25, 0.3) is 11.5 Å². The lowest BCUT2D eigenvalue weighted by molar-refractivity contribution is -0.145. The van der Waals surface area contributed by atoms with Crippen LogP contribution in [0.2, 0.25) is 5.02 Å². The number of halogens is 2. The molecular weight excluding hydrogens is 481 g/mol. The Hall–Kier alpha value is -3.47. The van der Waals surface area contributed by atoms with Gasteiger partial charge < -0.3 is 20.6 Å². The molecule has 12 heteroatoms. The number of aromatic nitrogens is 2. The van der Waals surface area contributed by atoms with E-state index in [1.54, 1.807) is 0 Å². The first-order valence-electron chi connectivity index (χ1n) is 11.1. The van der Waals surface area contributed by atoms with Gasteiger partial charge in [0.15, 0.2) is 5.69 Å². The Labute approximate surface area is 205 Å². The van der Waals surface area contributed by atoms with E-state index >= 15 is 0 Å². The highest BCUT2D eigenvalue weighted by molar-refractivity contribution is 6.35. The number of fused-ring (bicyclic) bond motifs is 2. The maximum absolute atomic E-state index is 13.3. The van der Waals surface area contributed by atoms with Gasteiger partial charge in [-0.3, -0.25) is 23.7 Å². The molecule has 2 bridgehead atoms. The summed E-state index contributed by atoms with van der Waals surface area (Å²) in [5.41, 5.74) is -2.02. The van der Waals surface area contributed by atoms with Gasteiger partial charge in [-0.2, -0.15) is 0 Å². The van der Waals surface area contributed by atoms with E-state index in [4.69, 9.17) is 11.6 Å². The molecule has 5 rings (SSSR count). The fraction of sp³-hybridized carbons (Fsp3) is 0.435. The zero-order chi connectivity index (χ0) is 25.5. The van der Waals surface area contributed by atoms with Gasteiger partial charge in [-0.1, -0.05) is 17.7 Å². The Balaban J connectivity index is 1.70. The van der Waals surface area contributed by atoms with Crippen LogP contribution >= 0.6 is 11.6 Å². The molecule has 0 spiro atoms. The number of likely N-dealkylation sites (N-methyl/N-ethyl adjacent to an activating group) is 1. The van der Waals surface area contributed by atoms with Crippen molar-refractivity contribution in [1.29, 1.82) is 0 Å². The van der Waals surface area contributed by atoms with Crippen LogP contribution in [0.1, 0.15) is 47.6 Å². The number of carbonyl (C=O) groups is 3. The summed E-state index contributed by atoms with van der Waals surface area (Å²) in [7, 11) is 2.91. The summed E-state index contributed by atoms with van der Waals surface area (Å²) >= 11 is 6.00. The second kappa shape index (κ2) is 9.29. The normalized spacial score (nSPS) is 20.5. The Kier molecular flexibility index (Phi) is 6.54. The van der Waals surface area contributed by atoms with Crippen molar-refractivity contribution in [3.05, 3.63) is 56.5 Å². The average Bonchev–Trinajstić information content (AvgIpc) is 3.06. The van der Waals surface area contributed by atoms with Crippen molar-refractivity contribution < 1.29 is 23.9 Å². The molecule has 3 N–H and O–H groups in total. The quantitative estimate of drug-likeness (QED) is 0.536. The van der Waals surface area contributed by atoms with Crippen molar-refractivity contribution in [2.45, 2.75) is 44.3 Å². The molecule has 3 amide bonds. The smallest absolute Gasteiger partial charge is 0.311 e. The van der Waals surface area contributed by atoms with Crippen molar-refractivity contribution >= 4 is 29.3 Å². The van der Waals surface area contributed by atoms with Crippen molar-refractivity contribution in [2.75, 3.05) is 14.1 Å². The fourth-order valence-electron chi connectivity index (χ4n) is 4.65. The minimum atomic E-state index is -1.14. The van der Waals surface area contributed by atoms with Crippen LogP contribution < -0.4 is 16.2 Å². The minimum Gasteiger partial charge on any atom is -0.501 e. The van der Waals surface area contributed by atoms with Gasteiger partial charge in [-0.25, -0.2) is 9.37 Å². The highest BCUT2D eigenvalue weighted by Crippen LogP contribution is 2.42. The van der Waals surface area contributed by atoms with Crippen LogP contribution in [0.3, 0.4) is 0 Å². The third-order valence-electron chi connectivity index (χ3n) is 6.60. The highest BCUT2D eigenvalue weighted by Gasteiger charge is 2.46. The first-order chi connectivity index (χ1) is 16.5. The second-order valence-electron chi connectivity index (χ2n) is 9.15. The van der Waals surface area contributed by atoms with E-state index < -0.39 is 46.1 Å². The number of aromatic hydroxyl groups is 1. The highest BCUT2D eigenvalue weighted by atomic mass is 35.5. The van der Waals surface area contributed by atoms with E-state index in [0.717, 1.165) is 11.0 Å². The summed E-state index contributed by atoms with van der Waals surface area (Å²) in [5.74, 6) is -3.53. The fourth-order valence-corrected chi connectivity index (χ4v) is 4.89. The molecule has 0 unspecified atom stereocenters. The summed E-state index contributed by atoms with van der Waals surface area (Å²) in [6.07, 6.45) is 2.19. The van der Waals surface area contributed by atoms with Gasteiger partial charge in [0.05, 0.1) is 5.54 Å². The number of nitrogens with zero attached hydrogens (tertiary/aromatic N) is 3. The largest absolute Gasteiger partial charge is 0.501 e. The maximum atomic E-state index is 13.3. The molecule has 3 heterocycles. The van der Waals surface area contributed by atoms with E-state index in [9.17, 15) is 28.7 Å². The standard InChI is InChI=1S/C23H25ClFN5O5/c1-29(2)21(35)19(33)28-23-7-5-12(6-8-23)11-30-20(34)17(31)16(27-22(23)30)18(32)26-10-13-3-4-14(25)9-15(13)24/h3-4,9,12,31H,5-8,10-11H2,1-2H3,(H,26,32)(H,28,33). The topological polar surface area (TPSA) is 134 Å². The van der Waals surface area contributed by atoms with Gasteiger partial charge in [0, 0.05) is 32.2 Å². The summed E-state index contributed by atoms with van der Waals surface area (Å²) in [6.45, 7) is 0.180. The monoisotopic (exact) mass is 505 g/mol. The zero-order valence-electron chi connectivity index (χ0n) is 19.2. The first-order valence-corrected chi connectivity index (χ1v) is 11.5. The molecule has 0 saturated heterocycles. The summed E-state index contributed by atoms with van der Waals surface area (Å²) in [6, 6.07) is 3.70. The van der Waals surface area contributed by atoms with E-state index in [-0.39, 0.29) is 29.9 Å². The van der Waals surface area contributed by atoms with Crippen LogP contribution in [0.4, 0.5) is 4.39 Å². The number of amides is 3. The van der Waals surface area contributed by atoms with Crippen LogP contribution in [0.15, 0.2) is 23.0 Å². The molecule has 1 aromatic heterocycles. The molecule has 10 nitrogen and oxygen atoms in total. The maximum Gasteiger partial charge on any atom is 0.311 e. The van der Waals surface area contributed by atoms with Crippen molar-refractivity contribution in [2.24, 2.45) is 5.92 Å². The summed E-state index contributed by atoms with van der Waals surface area (Å²) < 4.78 is 14.6. The number of benzene rings is 1. The van der Waals surface area contributed by atoms with Crippen LogP contribution in [0, 0.1) is 11.7 Å². The number of hydrogen-bond donors (Lipinski definition) is 3. The number of hydrogen-bond acceptors (Lipinski definition) is 6. The van der Waals surface area contributed by atoms with Crippen molar-refractivity contribution in [1.82, 2.24) is 25.1 Å². The lowest BCUT2D eigenvalue weighted by Crippen LogP contribution is -2.53. The molecular formula is C23H25ClFN5O5. The lowest BCUT2D eigenvalue weighted by Gasteiger charge is -2.37. The van der Waals surface area contributed by atoms with Crippen LogP contribution in [-0.2, 0) is 28.2 Å². The first kappa shape index (κ1) is 24.6. The van der Waals surface area contributed by atoms with Crippen molar-refractivity contribution in [3.63, 3.8) is 0 Å². The number of carbonyl (C=O) groups excluding carboxylic acids is 3. The Bertz CT molecular complexity index is 1270. The molecule has 2 aromatic rings. The Morgan fingerprint density at radius 3 is 2.60 bits per heavy atom. The SMILES string of the molecule is CN(C)C(=O)C(=O)NC12CCC(CC1)Cn1c2nc(C(=O)NCc2ccc(F)cc2Cl)c(O)c1=O. The van der Waals surface area contributed by atoms with Crippen LogP contribution in [-0.4, -0.2) is 51.4 Å². The van der Waals surface area contributed by atoms with Gasteiger partial charge in [-0.15, -0.1) is 0 Å². The predicted octanol–water partition coefficient (Wildman–Crippen LogP) is 1.27. The molecule has 0 atom stereocenters. The minimum absolute atomic E-state index is 0.0984. The Morgan fingerprint density at radius 1 is 1.29 bits per heavy atom. The van der Waals surface area contributed by atoms with E-state index in [2.05, 4.69) is 15.6 Å². The lowest BCUT2D eigenvalue weighted by atomic mass is 9.77. The van der Waals surface area contributed by atoms with Gasteiger partial charge in [0.1, 0.15) is 11.6 Å². The van der Waals surface area contributed by atoms with E-state index in [1.165, 1.54) is 30.8 Å². The molecule has 0 radical (unpaired) electrons. The summed E-state index contributed by atoms with van der Waals surface area (Å²) in [5, 5.41) is 15.9. The van der Waals surface area contributed by atoms with Crippen LogP contribution in [0.25, 0.3) is 0 Å². The second-order valence-corrected chi connectivity index (χ2v) is 9.55. The zero-order valence-corrected chi connectivity index (χ0v) is 20.0. The molecule has 3 aliphatic rings. The third-order valence-corrected chi connectivity index (χ3v) is 6.95. The summed E-state index contributed by atoms with van der Waals surface area (Å²) in [4.78, 5) is 56.4.